The van der Waals surface area contributed by atoms with E-state index in [1.165, 1.54) is 11.2 Å². The SMILES string of the molecule is Cc1ccc(S(=O)(=O)N2CCC(C(=O)O[C@H](C)C(=O)NC(N)=O)CC2)cc1C. The van der Waals surface area contributed by atoms with Gasteiger partial charge in [-0.3, -0.25) is 14.9 Å². The topological polar surface area (TPSA) is 136 Å². The predicted octanol–water partition coefficient (Wildman–Crippen LogP) is 0.831. The number of nitrogens with zero attached hydrogens (tertiary/aromatic N) is 1. The van der Waals surface area contributed by atoms with Crippen LogP contribution in [-0.4, -0.2) is 49.8 Å². The van der Waals surface area contributed by atoms with E-state index in [1.54, 1.807) is 18.2 Å². The highest BCUT2D eigenvalue weighted by Gasteiger charge is 2.34. The highest BCUT2D eigenvalue weighted by molar-refractivity contribution is 7.89. The van der Waals surface area contributed by atoms with Gasteiger partial charge in [-0.25, -0.2) is 13.2 Å². The number of hydrogen-bond acceptors (Lipinski definition) is 6. The number of benzene rings is 1. The van der Waals surface area contributed by atoms with Gasteiger partial charge in [0.25, 0.3) is 5.91 Å². The van der Waals surface area contributed by atoms with E-state index in [0.717, 1.165) is 11.1 Å². The zero-order valence-electron chi connectivity index (χ0n) is 16.1. The third-order valence-corrected chi connectivity index (χ3v) is 6.71. The molecule has 28 heavy (non-hydrogen) atoms. The van der Waals surface area contributed by atoms with Crippen molar-refractivity contribution < 1.29 is 27.5 Å². The number of ether oxygens (including phenoxy) is 1. The highest BCUT2D eigenvalue weighted by Crippen LogP contribution is 2.26. The molecule has 0 saturated carbocycles. The number of aryl methyl sites for hydroxylation is 2. The Morgan fingerprint density at radius 3 is 2.32 bits per heavy atom. The second-order valence-corrected chi connectivity index (χ2v) is 8.79. The lowest BCUT2D eigenvalue weighted by Crippen LogP contribution is -2.44. The van der Waals surface area contributed by atoms with Gasteiger partial charge in [0.15, 0.2) is 6.10 Å². The average Bonchev–Trinajstić information content (AvgIpc) is 2.63. The minimum atomic E-state index is -3.63. The molecule has 154 valence electrons. The molecule has 1 heterocycles. The van der Waals surface area contributed by atoms with Crippen molar-refractivity contribution in [3.63, 3.8) is 0 Å². The summed E-state index contributed by atoms with van der Waals surface area (Å²) in [5, 5.41) is 1.84. The molecule has 0 aliphatic carbocycles. The first kappa shape index (κ1) is 21.8. The average molecular weight is 411 g/mol. The van der Waals surface area contributed by atoms with Crippen molar-refractivity contribution in [3.05, 3.63) is 29.3 Å². The van der Waals surface area contributed by atoms with E-state index in [2.05, 4.69) is 0 Å². The first-order valence-electron chi connectivity index (χ1n) is 8.90. The van der Waals surface area contributed by atoms with Crippen molar-refractivity contribution in [2.24, 2.45) is 11.7 Å². The Kier molecular flexibility index (Phi) is 6.78. The molecule has 0 radical (unpaired) electrons. The van der Waals surface area contributed by atoms with Crippen LogP contribution in [0.15, 0.2) is 23.1 Å². The predicted molar refractivity (Wildman–Crippen MR) is 101 cm³/mol. The number of rotatable bonds is 5. The molecular formula is C18H25N3O6S. The second kappa shape index (κ2) is 8.70. The summed E-state index contributed by atoms with van der Waals surface area (Å²) in [6, 6.07) is 3.96. The van der Waals surface area contributed by atoms with E-state index in [1.807, 2.05) is 19.2 Å². The van der Waals surface area contributed by atoms with Crippen LogP contribution in [0.3, 0.4) is 0 Å². The summed E-state index contributed by atoms with van der Waals surface area (Å²) in [4.78, 5) is 34.7. The zero-order valence-corrected chi connectivity index (χ0v) is 16.9. The summed E-state index contributed by atoms with van der Waals surface area (Å²) in [6.07, 6.45) is -0.600. The van der Waals surface area contributed by atoms with Crippen LogP contribution in [0.25, 0.3) is 0 Å². The Hall–Kier alpha value is -2.46. The summed E-state index contributed by atoms with van der Waals surface area (Å²) >= 11 is 0. The number of imide groups is 1. The quantitative estimate of drug-likeness (QED) is 0.689. The van der Waals surface area contributed by atoms with Crippen molar-refractivity contribution in [2.45, 2.75) is 44.6 Å². The summed E-state index contributed by atoms with van der Waals surface area (Å²) in [6.45, 7) is 5.45. The monoisotopic (exact) mass is 411 g/mol. The van der Waals surface area contributed by atoms with E-state index >= 15 is 0 Å². The Bertz CT molecular complexity index is 875. The molecule has 0 spiro atoms. The number of primary amides is 1. The Balaban J connectivity index is 1.96. The van der Waals surface area contributed by atoms with Crippen LogP contribution in [0.4, 0.5) is 4.79 Å². The standard InChI is InChI=1S/C18H25N3O6S/c1-11-4-5-15(10-12(11)2)28(25,26)21-8-6-14(7-9-21)17(23)27-13(3)16(22)20-18(19)24/h4-5,10,13-14H,6-9H2,1-3H3,(H3,19,20,22,24)/t13-/m1/s1. The minimum absolute atomic E-state index is 0.177. The number of carbonyl (C=O) groups is 3. The third kappa shape index (κ3) is 5.08. The number of urea groups is 1. The summed E-state index contributed by atoms with van der Waals surface area (Å²) in [5.74, 6) is -1.93. The van der Waals surface area contributed by atoms with E-state index in [9.17, 15) is 22.8 Å². The molecular weight excluding hydrogens is 386 g/mol. The van der Waals surface area contributed by atoms with Gasteiger partial charge in [-0.2, -0.15) is 4.31 Å². The fourth-order valence-corrected chi connectivity index (χ4v) is 4.46. The van der Waals surface area contributed by atoms with Crippen molar-refractivity contribution in [3.8, 4) is 0 Å². The number of piperidine rings is 1. The van der Waals surface area contributed by atoms with Crippen LogP contribution in [0.2, 0.25) is 0 Å². The van der Waals surface area contributed by atoms with Crippen LogP contribution < -0.4 is 11.1 Å². The lowest BCUT2D eigenvalue weighted by molar-refractivity contribution is -0.159. The maximum atomic E-state index is 12.8. The summed E-state index contributed by atoms with van der Waals surface area (Å²) in [5.41, 5.74) is 6.75. The molecule has 0 unspecified atom stereocenters. The number of hydrogen-bond donors (Lipinski definition) is 2. The second-order valence-electron chi connectivity index (χ2n) is 6.86. The van der Waals surface area contributed by atoms with E-state index in [4.69, 9.17) is 10.5 Å². The van der Waals surface area contributed by atoms with Crippen molar-refractivity contribution >= 4 is 27.9 Å². The van der Waals surface area contributed by atoms with E-state index in [0.29, 0.717) is 0 Å². The number of amides is 3. The fourth-order valence-electron chi connectivity index (χ4n) is 2.90. The fraction of sp³-hybridized carbons (Fsp3) is 0.500. The number of nitrogens with two attached hydrogens (primary N) is 1. The van der Waals surface area contributed by atoms with Crippen molar-refractivity contribution in [2.75, 3.05) is 13.1 Å². The largest absolute Gasteiger partial charge is 0.452 e. The van der Waals surface area contributed by atoms with Crippen LogP contribution in [0.1, 0.15) is 30.9 Å². The van der Waals surface area contributed by atoms with E-state index in [-0.39, 0.29) is 30.8 Å². The maximum absolute atomic E-state index is 12.8. The molecule has 1 aromatic rings. The molecule has 1 saturated heterocycles. The number of sulfonamides is 1. The van der Waals surface area contributed by atoms with Gasteiger partial charge in [0.05, 0.1) is 10.8 Å². The van der Waals surface area contributed by atoms with Gasteiger partial charge < -0.3 is 10.5 Å². The molecule has 1 aliphatic rings. The number of carbonyl (C=O) groups excluding carboxylic acids is 3. The molecule has 10 heteroatoms. The van der Waals surface area contributed by atoms with Crippen LogP contribution in [0, 0.1) is 19.8 Å². The van der Waals surface area contributed by atoms with Crippen LogP contribution >= 0.6 is 0 Å². The molecule has 1 fully saturated rings. The zero-order chi connectivity index (χ0) is 21.1. The van der Waals surface area contributed by atoms with Crippen molar-refractivity contribution in [1.82, 2.24) is 9.62 Å². The Labute approximate surface area is 164 Å². The first-order valence-corrected chi connectivity index (χ1v) is 10.3. The van der Waals surface area contributed by atoms with Crippen LogP contribution in [-0.2, 0) is 24.3 Å². The minimum Gasteiger partial charge on any atom is -0.452 e. The first-order chi connectivity index (χ1) is 13.0. The Morgan fingerprint density at radius 2 is 1.79 bits per heavy atom. The molecule has 1 aromatic carbocycles. The van der Waals surface area contributed by atoms with Crippen LogP contribution in [0.5, 0.6) is 0 Å². The van der Waals surface area contributed by atoms with Crippen molar-refractivity contribution in [1.29, 1.82) is 0 Å². The molecule has 2 rings (SSSR count). The third-order valence-electron chi connectivity index (χ3n) is 4.81. The lowest BCUT2D eigenvalue weighted by atomic mass is 9.98. The van der Waals surface area contributed by atoms with Gasteiger partial charge in [-0.15, -0.1) is 0 Å². The van der Waals surface area contributed by atoms with Gasteiger partial charge in [0.1, 0.15) is 0 Å². The molecule has 1 atom stereocenters. The van der Waals surface area contributed by atoms with Gasteiger partial charge in [-0.1, -0.05) is 6.07 Å². The summed E-state index contributed by atoms with van der Waals surface area (Å²) in [7, 11) is -3.63. The molecule has 3 amide bonds. The smallest absolute Gasteiger partial charge is 0.318 e. The van der Waals surface area contributed by atoms with Gasteiger partial charge >= 0.3 is 12.0 Å². The normalized spacial score (nSPS) is 17.0. The maximum Gasteiger partial charge on any atom is 0.318 e. The molecule has 9 nitrogen and oxygen atoms in total. The number of esters is 1. The Morgan fingerprint density at radius 1 is 1.18 bits per heavy atom. The van der Waals surface area contributed by atoms with Gasteiger partial charge in [0.2, 0.25) is 10.0 Å². The van der Waals surface area contributed by atoms with E-state index < -0.39 is 40.0 Å². The van der Waals surface area contributed by atoms with Gasteiger partial charge in [-0.05, 0) is 56.9 Å². The molecule has 1 aliphatic heterocycles. The summed E-state index contributed by atoms with van der Waals surface area (Å²) < 4.78 is 32.0. The highest BCUT2D eigenvalue weighted by atomic mass is 32.2. The number of nitrogens with one attached hydrogen (secondary N) is 1. The molecule has 3 N–H and O–H groups in total. The van der Waals surface area contributed by atoms with Gasteiger partial charge in [0, 0.05) is 13.1 Å². The molecule has 0 bridgehead atoms. The lowest BCUT2D eigenvalue weighted by Gasteiger charge is -2.30. The molecule has 0 aromatic heterocycles.